The number of nitrogens with zero attached hydrogens (tertiary/aromatic N) is 4. The molecular formula is C23H26F3N7O2. The summed E-state index contributed by atoms with van der Waals surface area (Å²) in [6.07, 6.45) is -0.797. The Morgan fingerprint density at radius 1 is 1.20 bits per heavy atom. The molecule has 1 aliphatic heterocycles. The zero-order valence-electron chi connectivity index (χ0n) is 19.3. The normalized spacial score (nSPS) is 14.8. The van der Waals surface area contributed by atoms with Crippen molar-refractivity contribution in [3.8, 4) is 0 Å². The van der Waals surface area contributed by atoms with Gasteiger partial charge < -0.3 is 20.7 Å². The molecule has 0 spiro atoms. The van der Waals surface area contributed by atoms with Crippen LogP contribution in [-0.2, 0) is 15.7 Å². The van der Waals surface area contributed by atoms with E-state index in [0.29, 0.717) is 22.3 Å². The molecule has 3 aromatic rings. The number of alkyl halides is 3. The monoisotopic (exact) mass is 489 g/mol. The molecular weight excluding hydrogens is 463 g/mol. The number of benzene rings is 1. The molecule has 1 aromatic carbocycles. The van der Waals surface area contributed by atoms with Crippen molar-refractivity contribution >= 4 is 40.1 Å². The summed E-state index contributed by atoms with van der Waals surface area (Å²) in [5, 5.41) is 6.35. The minimum absolute atomic E-state index is 0.00376. The highest BCUT2D eigenvalue weighted by Gasteiger charge is 2.31. The Morgan fingerprint density at radius 3 is 2.63 bits per heavy atom. The lowest BCUT2D eigenvalue weighted by Gasteiger charge is -2.20. The van der Waals surface area contributed by atoms with Gasteiger partial charge in [0.15, 0.2) is 0 Å². The molecule has 2 aromatic heterocycles. The number of rotatable bonds is 7. The first kappa shape index (κ1) is 24.5. The smallest absolute Gasteiger partial charge is 0.399 e. The molecule has 1 fully saturated rings. The predicted octanol–water partition coefficient (Wildman–Crippen LogP) is 3.98. The van der Waals surface area contributed by atoms with Crippen LogP contribution < -0.4 is 21.3 Å². The Morgan fingerprint density at radius 2 is 1.94 bits per heavy atom. The van der Waals surface area contributed by atoms with Crippen molar-refractivity contribution in [2.75, 3.05) is 48.1 Å². The van der Waals surface area contributed by atoms with Gasteiger partial charge in [0.1, 0.15) is 18.2 Å². The van der Waals surface area contributed by atoms with Crippen LogP contribution in [0.5, 0.6) is 0 Å². The summed E-state index contributed by atoms with van der Waals surface area (Å²) in [7, 11) is 1.39. The Kier molecular flexibility index (Phi) is 6.92. The number of carbonyl (C=O) groups is 1. The lowest BCUT2D eigenvalue weighted by molar-refractivity contribution is -0.137. The second-order valence-corrected chi connectivity index (χ2v) is 8.38. The average Bonchev–Trinajstić information content (AvgIpc) is 3.33. The van der Waals surface area contributed by atoms with Gasteiger partial charge in [0.05, 0.1) is 23.3 Å². The van der Waals surface area contributed by atoms with Gasteiger partial charge in [-0.1, -0.05) is 0 Å². The number of carbonyl (C=O) groups excluding carboxylic acids is 1. The third-order valence-electron chi connectivity index (χ3n) is 5.68. The first-order valence-corrected chi connectivity index (χ1v) is 11.1. The van der Waals surface area contributed by atoms with Gasteiger partial charge in [-0.3, -0.25) is 10.1 Å². The summed E-state index contributed by atoms with van der Waals surface area (Å²) in [4.78, 5) is 27.5. The average molecular weight is 490 g/mol. The highest BCUT2D eigenvalue weighted by atomic mass is 19.4. The highest BCUT2D eigenvalue weighted by Crippen LogP contribution is 2.34. The molecule has 0 aliphatic carbocycles. The van der Waals surface area contributed by atoms with Crippen molar-refractivity contribution in [2.45, 2.75) is 32.0 Å². The largest absolute Gasteiger partial charge is 0.416 e. The van der Waals surface area contributed by atoms with E-state index in [0.717, 1.165) is 43.9 Å². The minimum atomic E-state index is -4.53. The quantitative estimate of drug-likeness (QED) is 0.427. The summed E-state index contributed by atoms with van der Waals surface area (Å²) in [6, 6.07) is 4.68. The van der Waals surface area contributed by atoms with E-state index in [-0.39, 0.29) is 18.2 Å². The second kappa shape index (κ2) is 9.90. The zero-order valence-corrected chi connectivity index (χ0v) is 19.3. The number of fused-ring (bicyclic) bond motifs is 1. The van der Waals surface area contributed by atoms with Crippen LogP contribution in [0.3, 0.4) is 0 Å². The summed E-state index contributed by atoms with van der Waals surface area (Å²) in [6.45, 7) is 3.28. The standard InChI is InChI=1S/C23H26F3N7O2/c1-13(14-7-15(23(24,25)26)9-16(27)8-14)29-21-17-10-19(33-5-3-4-6-33)28-11-18(17)30-22(32-21)31-20(34)12-35-2/h7-11,13H,3-6,12,27H2,1-2H3,(H2,29,30,31,32,34)/t13-/m1/s1. The van der Waals surface area contributed by atoms with Crippen molar-refractivity contribution in [3.63, 3.8) is 0 Å². The molecule has 0 radical (unpaired) electrons. The number of amides is 1. The first-order valence-electron chi connectivity index (χ1n) is 11.1. The SMILES string of the molecule is COCC(=O)Nc1nc(N[C@H](C)c2cc(N)cc(C(F)(F)F)c2)c2cc(N3CCCC3)ncc2n1. The third-order valence-corrected chi connectivity index (χ3v) is 5.68. The van der Waals surface area contributed by atoms with Crippen LogP contribution in [0.2, 0.25) is 0 Å². The summed E-state index contributed by atoms with van der Waals surface area (Å²) >= 11 is 0. The molecule has 4 N–H and O–H groups in total. The lowest BCUT2D eigenvalue weighted by Crippen LogP contribution is -2.20. The van der Waals surface area contributed by atoms with Crippen molar-refractivity contribution in [2.24, 2.45) is 0 Å². The molecule has 1 atom stereocenters. The molecule has 0 bridgehead atoms. The van der Waals surface area contributed by atoms with E-state index in [9.17, 15) is 18.0 Å². The van der Waals surface area contributed by atoms with Crippen molar-refractivity contribution in [1.29, 1.82) is 0 Å². The van der Waals surface area contributed by atoms with E-state index in [1.54, 1.807) is 13.1 Å². The van der Waals surface area contributed by atoms with Crippen molar-refractivity contribution in [3.05, 3.63) is 41.6 Å². The zero-order chi connectivity index (χ0) is 25.2. The van der Waals surface area contributed by atoms with E-state index in [2.05, 4.69) is 30.5 Å². The van der Waals surface area contributed by atoms with Gasteiger partial charge in [-0.05, 0) is 49.6 Å². The summed E-state index contributed by atoms with van der Waals surface area (Å²) in [5.41, 5.74) is 5.72. The number of halogens is 3. The van der Waals surface area contributed by atoms with Crippen LogP contribution in [0.25, 0.3) is 10.9 Å². The second-order valence-electron chi connectivity index (χ2n) is 8.38. The van der Waals surface area contributed by atoms with E-state index in [1.165, 1.54) is 13.2 Å². The molecule has 9 nitrogen and oxygen atoms in total. The molecule has 0 saturated carbocycles. The predicted molar refractivity (Wildman–Crippen MR) is 127 cm³/mol. The molecule has 186 valence electrons. The fourth-order valence-electron chi connectivity index (χ4n) is 3.98. The van der Waals surface area contributed by atoms with Gasteiger partial charge in [-0.2, -0.15) is 18.2 Å². The van der Waals surface area contributed by atoms with Gasteiger partial charge in [0.2, 0.25) is 5.95 Å². The molecule has 1 saturated heterocycles. The molecule has 3 heterocycles. The fourth-order valence-corrected chi connectivity index (χ4v) is 3.98. The maximum atomic E-state index is 13.3. The van der Waals surface area contributed by atoms with Crippen molar-refractivity contribution in [1.82, 2.24) is 15.0 Å². The van der Waals surface area contributed by atoms with Gasteiger partial charge in [0.25, 0.3) is 5.91 Å². The third kappa shape index (κ3) is 5.70. The topological polar surface area (TPSA) is 118 Å². The number of anilines is 4. The number of nitrogens with two attached hydrogens (primary N) is 1. The van der Waals surface area contributed by atoms with Crippen LogP contribution in [-0.4, -0.2) is 47.7 Å². The van der Waals surface area contributed by atoms with Crippen LogP contribution >= 0.6 is 0 Å². The number of methoxy groups -OCH3 is 1. The Balaban J connectivity index is 1.73. The lowest BCUT2D eigenvalue weighted by atomic mass is 10.0. The van der Waals surface area contributed by atoms with Gasteiger partial charge in [-0.25, -0.2) is 9.97 Å². The maximum Gasteiger partial charge on any atom is 0.416 e. The van der Waals surface area contributed by atoms with Gasteiger partial charge in [-0.15, -0.1) is 0 Å². The number of aromatic nitrogens is 3. The first-order chi connectivity index (χ1) is 16.6. The summed E-state index contributed by atoms with van der Waals surface area (Å²) in [5.74, 6) is 0.675. The van der Waals surface area contributed by atoms with E-state index >= 15 is 0 Å². The summed E-state index contributed by atoms with van der Waals surface area (Å²) < 4.78 is 44.8. The van der Waals surface area contributed by atoms with Crippen LogP contribution in [0.1, 0.15) is 36.9 Å². The number of ether oxygens (including phenoxy) is 1. The van der Waals surface area contributed by atoms with Crippen LogP contribution in [0.4, 0.5) is 36.4 Å². The van der Waals surface area contributed by atoms with Crippen molar-refractivity contribution < 1.29 is 22.7 Å². The van der Waals surface area contributed by atoms with Crippen LogP contribution in [0, 0.1) is 0 Å². The Labute approximate surface area is 199 Å². The number of nitrogen functional groups attached to an aromatic ring is 1. The van der Waals surface area contributed by atoms with E-state index in [4.69, 9.17) is 10.5 Å². The molecule has 4 rings (SSSR count). The number of nitrogens with one attached hydrogen (secondary N) is 2. The number of pyridine rings is 1. The molecule has 35 heavy (non-hydrogen) atoms. The maximum absolute atomic E-state index is 13.3. The molecule has 0 unspecified atom stereocenters. The number of hydrogen-bond donors (Lipinski definition) is 3. The van der Waals surface area contributed by atoms with Gasteiger partial charge in [0, 0.05) is 31.3 Å². The Hall–Kier alpha value is -3.67. The van der Waals surface area contributed by atoms with E-state index in [1.807, 2.05) is 6.07 Å². The van der Waals surface area contributed by atoms with E-state index < -0.39 is 23.7 Å². The molecule has 1 aliphatic rings. The minimum Gasteiger partial charge on any atom is -0.399 e. The number of hydrogen-bond acceptors (Lipinski definition) is 8. The molecule has 12 heteroatoms. The molecule has 1 amide bonds. The fraction of sp³-hybridized carbons (Fsp3) is 0.391. The van der Waals surface area contributed by atoms with Crippen LogP contribution in [0.15, 0.2) is 30.5 Å². The Bertz CT molecular complexity index is 1230. The highest BCUT2D eigenvalue weighted by molar-refractivity contribution is 5.95. The van der Waals surface area contributed by atoms with Gasteiger partial charge >= 0.3 is 6.18 Å².